The number of carbonyl (C=O) groups excluding carboxylic acids is 1. The van der Waals surface area contributed by atoms with Crippen LogP contribution in [0.15, 0.2) is 59.5 Å². The van der Waals surface area contributed by atoms with E-state index in [1.54, 1.807) is 24.4 Å². The molecule has 4 aromatic rings. The Bertz CT molecular complexity index is 1130. The number of aromatic nitrogens is 5. The number of amides is 1. The third-order valence-corrected chi connectivity index (χ3v) is 6.00. The number of hydrogen-bond acceptors (Lipinski definition) is 6. The van der Waals surface area contributed by atoms with Crippen LogP contribution in [-0.4, -0.2) is 31.1 Å². The van der Waals surface area contributed by atoms with E-state index < -0.39 is 0 Å². The Labute approximate surface area is 177 Å². The number of nitrogens with zero attached hydrogens (tertiary/aromatic N) is 5. The molecular weight excluding hydrogens is 464 g/mol. The zero-order chi connectivity index (χ0) is 19.5. The van der Waals surface area contributed by atoms with Crippen LogP contribution >= 0.6 is 38.9 Å². The lowest BCUT2D eigenvalue weighted by molar-refractivity contribution is 0.102. The summed E-state index contributed by atoms with van der Waals surface area (Å²) in [5, 5.41) is 15.1. The molecule has 0 spiro atoms. The first-order chi connectivity index (χ1) is 13.6. The van der Waals surface area contributed by atoms with Gasteiger partial charge in [-0.15, -0.1) is 16.4 Å². The van der Waals surface area contributed by atoms with Gasteiger partial charge in [0.1, 0.15) is 6.33 Å². The second-order valence-electron chi connectivity index (χ2n) is 5.82. The zero-order valence-electron chi connectivity index (χ0n) is 14.2. The van der Waals surface area contributed by atoms with Crippen LogP contribution in [0.25, 0.3) is 5.69 Å². The van der Waals surface area contributed by atoms with E-state index in [0.29, 0.717) is 27.8 Å². The van der Waals surface area contributed by atoms with Crippen LogP contribution < -0.4 is 5.32 Å². The Kier molecular flexibility index (Phi) is 5.47. The Morgan fingerprint density at radius 2 is 2.14 bits per heavy atom. The molecule has 2 aromatic carbocycles. The number of halogens is 2. The van der Waals surface area contributed by atoms with E-state index in [1.807, 2.05) is 24.3 Å². The molecule has 28 heavy (non-hydrogen) atoms. The summed E-state index contributed by atoms with van der Waals surface area (Å²) in [6.07, 6.45) is 3.92. The monoisotopic (exact) mass is 474 g/mol. The lowest BCUT2D eigenvalue weighted by Gasteiger charge is -2.04. The minimum atomic E-state index is -0.248. The summed E-state index contributed by atoms with van der Waals surface area (Å²) >= 11 is 11.0. The maximum Gasteiger partial charge on any atom is 0.257 e. The van der Waals surface area contributed by atoms with Crippen LogP contribution in [0.5, 0.6) is 0 Å². The van der Waals surface area contributed by atoms with E-state index >= 15 is 0 Å². The first-order valence-electron chi connectivity index (χ1n) is 8.12. The molecule has 0 saturated heterocycles. The van der Waals surface area contributed by atoms with Gasteiger partial charge in [-0.25, -0.2) is 9.67 Å². The molecule has 1 amide bonds. The van der Waals surface area contributed by atoms with Gasteiger partial charge < -0.3 is 0 Å². The topological polar surface area (TPSA) is 85.6 Å². The van der Waals surface area contributed by atoms with E-state index in [4.69, 9.17) is 11.6 Å². The molecule has 7 nitrogen and oxygen atoms in total. The predicted octanol–water partition coefficient (Wildman–Crippen LogP) is 4.38. The van der Waals surface area contributed by atoms with Gasteiger partial charge >= 0.3 is 0 Å². The molecule has 0 bridgehead atoms. The van der Waals surface area contributed by atoms with Gasteiger partial charge in [0, 0.05) is 27.5 Å². The standard InChI is InChI=1S/C18H12BrClN6OS/c19-15-5-4-11(7-16(15)20)6-14-9-21-18(28-14)23-17(27)12-2-1-3-13(8-12)26-10-22-24-25-26/h1-5,7-10H,6H2,(H,21,23,27). The van der Waals surface area contributed by atoms with Crippen LogP contribution in [-0.2, 0) is 6.42 Å². The van der Waals surface area contributed by atoms with Crippen LogP contribution in [0, 0.1) is 0 Å². The number of rotatable bonds is 5. The van der Waals surface area contributed by atoms with Crippen molar-refractivity contribution in [3.8, 4) is 5.69 Å². The van der Waals surface area contributed by atoms with Gasteiger partial charge in [0.2, 0.25) is 0 Å². The molecule has 10 heteroatoms. The Hall–Kier alpha value is -2.62. The molecule has 0 saturated carbocycles. The summed E-state index contributed by atoms with van der Waals surface area (Å²) in [7, 11) is 0. The highest BCUT2D eigenvalue weighted by Crippen LogP contribution is 2.27. The summed E-state index contributed by atoms with van der Waals surface area (Å²) in [5.41, 5.74) is 2.26. The molecule has 0 radical (unpaired) electrons. The molecule has 0 aliphatic rings. The van der Waals surface area contributed by atoms with Crippen molar-refractivity contribution in [2.75, 3.05) is 5.32 Å². The molecule has 0 aliphatic carbocycles. The van der Waals surface area contributed by atoms with E-state index in [0.717, 1.165) is 14.9 Å². The lowest BCUT2D eigenvalue weighted by Crippen LogP contribution is -2.12. The Morgan fingerprint density at radius 3 is 2.93 bits per heavy atom. The number of nitrogens with one attached hydrogen (secondary N) is 1. The SMILES string of the molecule is O=C(Nc1ncc(Cc2ccc(Br)c(Cl)c2)s1)c1cccc(-n2cnnn2)c1. The molecule has 2 heterocycles. The predicted molar refractivity (Wildman–Crippen MR) is 111 cm³/mol. The molecule has 0 fully saturated rings. The fraction of sp³-hybridized carbons (Fsp3) is 0.0556. The minimum absolute atomic E-state index is 0.248. The molecule has 0 unspecified atom stereocenters. The highest BCUT2D eigenvalue weighted by molar-refractivity contribution is 9.10. The molecular formula is C18H12BrClN6OS. The van der Waals surface area contributed by atoms with Crippen molar-refractivity contribution in [1.29, 1.82) is 0 Å². The first-order valence-corrected chi connectivity index (χ1v) is 10.1. The summed E-state index contributed by atoms with van der Waals surface area (Å²) in [4.78, 5) is 17.9. The van der Waals surface area contributed by atoms with Crippen molar-refractivity contribution in [3.05, 3.63) is 80.5 Å². The van der Waals surface area contributed by atoms with Crippen molar-refractivity contribution < 1.29 is 4.79 Å². The fourth-order valence-corrected chi connectivity index (χ4v) is 3.83. The lowest BCUT2D eigenvalue weighted by atomic mass is 10.1. The van der Waals surface area contributed by atoms with Crippen molar-refractivity contribution in [2.45, 2.75) is 6.42 Å². The maximum atomic E-state index is 12.6. The second-order valence-corrected chi connectivity index (χ2v) is 8.19. The fourth-order valence-electron chi connectivity index (χ4n) is 2.54. The number of benzene rings is 2. The average molecular weight is 476 g/mol. The van der Waals surface area contributed by atoms with Crippen molar-refractivity contribution in [1.82, 2.24) is 25.2 Å². The average Bonchev–Trinajstić information content (AvgIpc) is 3.37. The van der Waals surface area contributed by atoms with Crippen molar-refractivity contribution in [3.63, 3.8) is 0 Å². The summed E-state index contributed by atoms with van der Waals surface area (Å²) < 4.78 is 2.35. The van der Waals surface area contributed by atoms with Crippen LogP contribution in [0.1, 0.15) is 20.8 Å². The van der Waals surface area contributed by atoms with E-state index in [9.17, 15) is 4.79 Å². The quantitative estimate of drug-likeness (QED) is 0.463. The highest BCUT2D eigenvalue weighted by atomic mass is 79.9. The molecule has 4 rings (SSSR count). The largest absolute Gasteiger partial charge is 0.298 e. The van der Waals surface area contributed by atoms with Crippen LogP contribution in [0.4, 0.5) is 5.13 Å². The Balaban J connectivity index is 1.45. The highest BCUT2D eigenvalue weighted by Gasteiger charge is 2.11. The van der Waals surface area contributed by atoms with E-state index in [1.165, 1.54) is 22.3 Å². The normalized spacial score (nSPS) is 10.8. The van der Waals surface area contributed by atoms with E-state index in [2.05, 4.69) is 41.8 Å². The molecule has 1 N–H and O–H groups in total. The van der Waals surface area contributed by atoms with Gasteiger partial charge in [0.15, 0.2) is 5.13 Å². The molecule has 2 aromatic heterocycles. The van der Waals surface area contributed by atoms with Gasteiger partial charge in [0.05, 0.1) is 10.7 Å². The molecule has 140 valence electrons. The maximum absolute atomic E-state index is 12.6. The van der Waals surface area contributed by atoms with Gasteiger partial charge in [-0.3, -0.25) is 10.1 Å². The number of tetrazole rings is 1. The summed E-state index contributed by atoms with van der Waals surface area (Å²) in [6, 6.07) is 12.9. The zero-order valence-corrected chi connectivity index (χ0v) is 17.4. The van der Waals surface area contributed by atoms with Crippen LogP contribution in [0.2, 0.25) is 5.02 Å². The third-order valence-electron chi connectivity index (χ3n) is 3.86. The number of thiazole rings is 1. The third kappa shape index (κ3) is 4.27. The van der Waals surface area contributed by atoms with Crippen molar-refractivity contribution in [2.24, 2.45) is 0 Å². The molecule has 0 aliphatic heterocycles. The summed E-state index contributed by atoms with van der Waals surface area (Å²) in [5.74, 6) is -0.248. The van der Waals surface area contributed by atoms with Gasteiger partial charge in [-0.2, -0.15) is 0 Å². The van der Waals surface area contributed by atoms with E-state index in [-0.39, 0.29) is 5.91 Å². The van der Waals surface area contributed by atoms with Gasteiger partial charge in [0.25, 0.3) is 5.91 Å². The smallest absolute Gasteiger partial charge is 0.257 e. The minimum Gasteiger partial charge on any atom is -0.298 e. The molecule has 0 atom stereocenters. The number of hydrogen-bond donors (Lipinski definition) is 1. The number of anilines is 1. The van der Waals surface area contributed by atoms with Crippen molar-refractivity contribution >= 4 is 49.9 Å². The number of carbonyl (C=O) groups is 1. The Morgan fingerprint density at radius 1 is 1.25 bits per heavy atom. The van der Waals surface area contributed by atoms with Crippen LogP contribution in [0.3, 0.4) is 0 Å². The van der Waals surface area contributed by atoms with Gasteiger partial charge in [-0.1, -0.05) is 23.7 Å². The van der Waals surface area contributed by atoms with Gasteiger partial charge in [-0.05, 0) is 62.3 Å². The first kappa shape index (κ1) is 18.7. The second kappa shape index (κ2) is 8.17. The summed E-state index contributed by atoms with van der Waals surface area (Å²) in [6.45, 7) is 0.